The summed E-state index contributed by atoms with van der Waals surface area (Å²) in [5.74, 6) is 0.131. The van der Waals surface area contributed by atoms with E-state index in [-0.39, 0.29) is 30.3 Å². The summed E-state index contributed by atoms with van der Waals surface area (Å²) in [5, 5.41) is 6.19. The highest BCUT2D eigenvalue weighted by Gasteiger charge is 2.34. The summed E-state index contributed by atoms with van der Waals surface area (Å²) in [7, 11) is 1.31. The van der Waals surface area contributed by atoms with Gasteiger partial charge in [-0.3, -0.25) is 4.79 Å². The largest absolute Gasteiger partial charge is 0.482 e. The van der Waals surface area contributed by atoms with Crippen molar-refractivity contribution in [1.29, 1.82) is 0 Å². The molecule has 1 aromatic carbocycles. The highest BCUT2D eigenvalue weighted by atomic mass is 35.5. The smallest absolute Gasteiger partial charge is 0.343 e. The average Bonchev–Trinajstić information content (AvgIpc) is 2.54. The van der Waals surface area contributed by atoms with E-state index in [0.717, 1.165) is 19.4 Å². The van der Waals surface area contributed by atoms with Gasteiger partial charge < -0.3 is 20.1 Å². The van der Waals surface area contributed by atoms with Gasteiger partial charge in [0.25, 0.3) is 0 Å². The average molecular weight is 343 g/mol. The normalized spacial score (nSPS) is 20.1. The number of amides is 1. The summed E-state index contributed by atoms with van der Waals surface area (Å²) in [6.45, 7) is 3.50. The molecule has 1 atom stereocenters. The van der Waals surface area contributed by atoms with Crippen LogP contribution in [0.15, 0.2) is 24.3 Å². The molecular formula is C16H23ClN2O4. The zero-order valence-electron chi connectivity index (χ0n) is 13.4. The van der Waals surface area contributed by atoms with E-state index in [9.17, 15) is 9.59 Å². The number of hydrogen-bond acceptors (Lipinski definition) is 5. The van der Waals surface area contributed by atoms with Crippen molar-refractivity contribution in [2.45, 2.75) is 19.8 Å². The lowest BCUT2D eigenvalue weighted by atomic mass is 9.82. The minimum atomic E-state index is -0.435. The molecule has 1 unspecified atom stereocenters. The van der Waals surface area contributed by atoms with Crippen LogP contribution in [0.4, 0.5) is 5.69 Å². The Morgan fingerprint density at radius 1 is 1.30 bits per heavy atom. The molecule has 1 saturated heterocycles. The van der Waals surface area contributed by atoms with Crippen molar-refractivity contribution >= 4 is 30.0 Å². The van der Waals surface area contributed by atoms with Gasteiger partial charge >= 0.3 is 5.97 Å². The molecule has 1 aromatic rings. The quantitative estimate of drug-likeness (QED) is 0.800. The van der Waals surface area contributed by atoms with Crippen LogP contribution < -0.4 is 15.4 Å². The zero-order chi connectivity index (χ0) is 16.0. The van der Waals surface area contributed by atoms with E-state index < -0.39 is 5.97 Å². The lowest BCUT2D eigenvalue weighted by molar-refractivity contribution is -0.142. The minimum Gasteiger partial charge on any atom is -0.482 e. The fourth-order valence-corrected chi connectivity index (χ4v) is 2.37. The first-order chi connectivity index (χ1) is 10.5. The number of methoxy groups -OCH3 is 1. The van der Waals surface area contributed by atoms with Crippen LogP contribution in [0, 0.1) is 5.41 Å². The van der Waals surface area contributed by atoms with E-state index in [2.05, 4.69) is 15.4 Å². The SMILES string of the molecule is COC(=O)COc1ccc(NC(=O)C2(C)CCCNC2)cc1.Cl. The number of nitrogens with one attached hydrogen (secondary N) is 2. The second kappa shape index (κ2) is 8.74. The van der Waals surface area contributed by atoms with Gasteiger partial charge in [0.2, 0.25) is 5.91 Å². The summed E-state index contributed by atoms with van der Waals surface area (Å²) >= 11 is 0. The Labute approximate surface area is 142 Å². The van der Waals surface area contributed by atoms with Crippen LogP contribution in [0.2, 0.25) is 0 Å². The predicted molar refractivity (Wildman–Crippen MR) is 90.0 cm³/mol. The lowest BCUT2D eigenvalue weighted by Crippen LogP contribution is -2.46. The van der Waals surface area contributed by atoms with Crippen LogP contribution in [0.1, 0.15) is 19.8 Å². The summed E-state index contributed by atoms with van der Waals surface area (Å²) in [5.41, 5.74) is 0.334. The molecule has 6 nitrogen and oxygen atoms in total. The van der Waals surface area contributed by atoms with Crippen molar-refractivity contribution < 1.29 is 19.1 Å². The molecular weight excluding hydrogens is 320 g/mol. The maximum atomic E-state index is 12.4. The fourth-order valence-electron chi connectivity index (χ4n) is 2.37. The number of ether oxygens (including phenoxy) is 2. The Bertz CT molecular complexity index is 527. The molecule has 1 amide bonds. The highest BCUT2D eigenvalue weighted by molar-refractivity contribution is 5.95. The molecule has 0 aromatic heterocycles. The molecule has 2 rings (SSSR count). The van der Waals surface area contributed by atoms with Crippen LogP contribution in [0.3, 0.4) is 0 Å². The van der Waals surface area contributed by atoms with E-state index in [1.807, 2.05) is 6.92 Å². The Morgan fingerprint density at radius 2 is 2.00 bits per heavy atom. The van der Waals surface area contributed by atoms with E-state index in [4.69, 9.17) is 4.74 Å². The van der Waals surface area contributed by atoms with Crippen LogP contribution in [0.5, 0.6) is 5.75 Å². The summed E-state index contributed by atoms with van der Waals surface area (Å²) in [6.07, 6.45) is 1.89. The van der Waals surface area contributed by atoms with Gasteiger partial charge in [0, 0.05) is 12.2 Å². The number of piperidine rings is 1. The number of hydrogen-bond donors (Lipinski definition) is 2. The van der Waals surface area contributed by atoms with E-state index in [1.165, 1.54) is 7.11 Å². The van der Waals surface area contributed by atoms with Gasteiger partial charge in [0.1, 0.15) is 5.75 Å². The molecule has 0 spiro atoms. The maximum absolute atomic E-state index is 12.4. The summed E-state index contributed by atoms with van der Waals surface area (Å²) < 4.78 is 9.76. The summed E-state index contributed by atoms with van der Waals surface area (Å²) in [4.78, 5) is 23.4. The molecule has 2 N–H and O–H groups in total. The number of rotatable bonds is 5. The van der Waals surface area contributed by atoms with E-state index >= 15 is 0 Å². The number of carbonyl (C=O) groups excluding carboxylic acids is 2. The second-order valence-corrected chi connectivity index (χ2v) is 5.68. The third-order valence-electron chi connectivity index (χ3n) is 3.84. The Balaban J connectivity index is 0.00000264. The zero-order valence-corrected chi connectivity index (χ0v) is 14.2. The number of halogens is 1. The minimum absolute atomic E-state index is 0. The van der Waals surface area contributed by atoms with Gasteiger partial charge in [-0.1, -0.05) is 0 Å². The maximum Gasteiger partial charge on any atom is 0.343 e. The second-order valence-electron chi connectivity index (χ2n) is 5.68. The van der Waals surface area contributed by atoms with Crippen molar-refractivity contribution in [2.24, 2.45) is 5.41 Å². The summed E-state index contributed by atoms with van der Waals surface area (Å²) in [6, 6.07) is 6.92. The first kappa shape index (κ1) is 19.3. The standard InChI is InChI=1S/C16H22N2O4.ClH/c1-16(8-3-9-17-11-16)15(20)18-12-4-6-13(7-5-12)22-10-14(19)21-2;/h4-7,17H,3,8-11H2,1-2H3,(H,18,20);1H. The number of anilines is 1. The van der Waals surface area contributed by atoms with Crippen LogP contribution in [-0.2, 0) is 14.3 Å². The molecule has 1 aliphatic heterocycles. The number of carbonyl (C=O) groups is 2. The van der Waals surface area contributed by atoms with Crippen LogP contribution in [-0.4, -0.2) is 38.7 Å². The van der Waals surface area contributed by atoms with Crippen molar-refractivity contribution in [2.75, 3.05) is 32.1 Å². The molecule has 128 valence electrons. The van der Waals surface area contributed by atoms with Gasteiger partial charge in [0.15, 0.2) is 6.61 Å². The molecule has 1 aliphatic rings. The van der Waals surface area contributed by atoms with Crippen molar-refractivity contribution in [1.82, 2.24) is 5.32 Å². The Morgan fingerprint density at radius 3 is 2.57 bits per heavy atom. The molecule has 0 radical (unpaired) electrons. The molecule has 1 fully saturated rings. The topological polar surface area (TPSA) is 76.7 Å². The number of esters is 1. The van der Waals surface area contributed by atoms with E-state index in [0.29, 0.717) is 18.0 Å². The van der Waals surface area contributed by atoms with Gasteiger partial charge in [-0.25, -0.2) is 4.79 Å². The third-order valence-corrected chi connectivity index (χ3v) is 3.84. The third kappa shape index (κ3) is 5.41. The molecule has 0 bridgehead atoms. The molecule has 0 aliphatic carbocycles. The fraction of sp³-hybridized carbons (Fsp3) is 0.500. The monoisotopic (exact) mass is 342 g/mol. The first-order valence-electron chi connectivity index (χ1n) is 7.35. The van der Waals surface area contributed by atoms with Crippen molar-refractivity contribution in [3.8, 4) is 5.75 Å². The Hall–Kier alpha value is -1.79. The first-order valence-corrected chi connectivity index (χ1v) is 7.35. The molecule has 23 heavy (non-hydrogen) atoms. The van der Waals surface area contributed by atoms with Gasteiger partial charge in [-0.05, 0) is 50.6 Å². The predicted octanol–water partition coefficient (Wildman–Crippen LogP) is 1.99. The Kier molecular flexibility index (Phi) is 7.32. The highest BCUT2D eigenvalue weighted by Crippen LogP contribution is 2.27. The van der Waals surface area contributed by atoms with Crippen molar-refractivity contribution in [3.63, 3.8) is 0 Å². The van der Waals surface area contributed by atoms with Gasteiger partial charge in [-0.15, -0.1) is 12.4 Å². The van der Waals surface area contributed by atoms with Crippen molar-refractivity contribution in [3.05, 3.63) is 24.3 Å². The lowest BCUT2D eigenvalue weighted by Gasteiger charge is -2.32. The molecule has 7 heteroatoms. The van der Waals surface area contributed by atoms with Crippen LogP contribution >= 0.6 is 12.4 Å². The number of benzene rings is 1. The van der Waals surface area contributed by atoms with Gasteiger partial charge in [0.05, 0.1) is 12.5 Å². The van der Waals surface area contributed by atoms with Gasteiger partial charge in [-0.2, -0.15) is 0 Å². The molecule has 1 heterocycles. The molecule has 0 saturated carbocycles. The van der Waals surface area contributed by atoms with E-state index in [1.54, 1.807) is 24.3 Å². The van der Waals surface area contributed by atoms with Crippen LogP contribution in [0.25, 0.3) is 0 Å².